The third-order valence-electron chi connectivity index (χ3n) is 9.76. The van der Waals surface area contributed by atoms with Crippen molar-refractivity contribution in [2.45, 2.75) is 0 Å². The number of para-hydroxylation sites is 3. The average Bonchev–Trinajstić information content (AvgIpc) is 3.89. The van der Waals surface area contributed by atoms with E-state index in [1.165, 1.54) is 14.8 Å². The Balaban J connectivity index is 1.15. The Kier molecular flexibility index (Phi) is 6.05. The van der Waals surface area contributed by atoms with Gasteiger partial charge in [0.2, 0.25) is 0 Å². The van der Waals surface area contributed by atoms with Crippen molar-refractivity contribution in [3.63, 3.8) is 0 Å². The summed E-state index contributed by atoms with van der Waals surface area (Å²) >= 11 is 1.79. The van der Waals surface area contributed by atoms with Crippen LogP contribution in [0.3, 0.4) is 0 Å². The lowest BCUT2D eigenvalue weighted by Crippen LogP contribution is -2.00. The zero-order chi connectivity index (χ0) is 33.5. The number of thiophene rings is 1. The molecule has 0 saturated carbocycles. The number of benzene rings is 7. The highest BCUT2D eigenvalue weighted by Gasteiger charge is 2.20. The summed E-state index contributed by atoms with van der Waals surface area (Å²) in [7, 11) is 0. The van der Waals surface area contributed by atoms with Crippen molar-refractivity contribution in [1.82, 2.24) is 15.0 Å². The molecule has 6 heteroatoms. The number of hydrogen-bond acceptors (Lipinski definition) is 6. The molecule has 0 amide bonds. The van der Waals surface area contributed by atoms with Gasteiger partial charge in [-0.3, -0.25) is 0 Å². The zero-order valence-corrected chi connectivity index (χ0v) is 27.8. The van der Waals surface area contributed by atoms with Crippen molar-refractivity contribution in [3.05, 3.63) is 152 Å². The number of aromatic nitrogens is 3. The van der Waals surface area contributed by atoms with Crippen LogP contribution in [0.15, 0.2) is 160 Å². The van der Waals surface area contributed by atoms with Gasteiger partial charge in [0.15, 0.2) is 17.5 Å². The van der Waals surface area contributed by atoms with Crippen molar-refractivity contribution in [2.24, 2.45) is 0 Å². The monoisotopic (exact) mass is 671 g/mol. The summed E-state index contributed by atoms with van der Waals surface area (Å²) < 4.78 is 15.2. The molecule has 0 atom stereocenters. The summed E-state index contributed by atoms with van der Waals surface area (Å²) in [5.74, 6) is 1.83. The molecule has 0 unspecified atom stereocenters. The summed E-state index contributed by atoms with van der Waals surface area (Å²) in [5, 5.41) is 6.61. The average molecular weight is 672 g/mol. The highest BCUT2D eigenvalue weighted by atomic mass is 32.1. The first-order valence-electron chi connectivity index (χ1n) is 16.9. The maximum Gasteiger partial charge on any atom is 0.164 e. The van der Waals surface area contributed by atoms with Crippen LogP contribution in [0, 0.1) is 0 Å². The van der Waals surface area contributed by atoms with E-state index >= 15 is 0 Å². The summed E-state index contributed by atoms with van der Waals surface area (Å²) in [6.07, 6.45) is 0. The van der Waals surface area contributed by atoms with Gasteiger partial charge >= 0.3 is 0 Å². The van der Waals surface area contributed by atoms with E-state index in [9.17, 15) is 0 Å². The molecule has 0 aliphatic carbocycles. The van der Waals surface area contributed by atoms with Crippen LogP contribution in [-0.4, -0.2) is 15.0 Å². The van der Waals surface area contributed by atoms with Crippen LogP contribution in [0.1, 0.15) is 0 Å². The standard InChI is InChI=1S/C45H25N3O2S/c1-2-11-26(12-3-1)43-46-44(48-45(47-43)33-18-9-21-37-40(33)32-14-5-7-20-36(32)49-37)27-23-24-38-34(25-27)41-29(15-10-22-39(41)51-38)31-17-8-16-30-28-13-4-6-19-35(28)50-42(30)31/h1-25H. The van der Waals surface area contributed by atoms with E-state index in [4.69, 9.17) is 23.8 Å². The van der Waals surface area contributed by atoms with Gasteiger partial charge in [0.25, 0.3) is 0 Å². The lowest BCUT2D eigenvalue weighted by atomic mass is 9.97. The largest absolute Gasteiger partial charge is 0.456 e. The maximum absolute atomic E-state index is 6.50. The van der Waals surface area contributed by atoms with Gasteiger partial charge in [0.05, 0.1) is 0 Å². The SMILES string of the molecule is c1ccc(-c2nc(-c3ccc4sc5cccc(-c6cccc7c6oc6ccccc67)c5c4c3)nc(-c3cccc4oc5ccccc5c34)n2)cc1. The minimum Gasteiger partial charge on any atom is -0.456 e. The molecule has 4 heterocycles. The van der Waals surface area contributed by atoms with Gasteiger partial charge in [-0.25, -0.2) is 15.0 Å². The first-order valence-corrected chi connectivity index (χ1v) is 17.7. The number of fused-ring (bicyclic) bond motifs is 9. The van der Waals surface area contributed by atoms with E-state index in [0.29, 0.717) is 17.5 Å². The van der Waals surface area contributed by atoms with Crippen molar-refractivity contribution in [3.8, 4) is 45.3 Å². The topological polar surface area (TPSA) is 65.0 Å². The van der Waals surface area contributed by atoms with Gasteiger partial charge in [0.1, 0.15) is 22.3 Å². The van der Waals surface area contributed by atoms with Crippen LogP contribution in [0.25, 0.3) is 109 Å². The highest BCUT2D eigenvalue weighted by Crippen LogP contribution is 2.44. The van der Waals surface area contributed by atoms with Gasteiger partial charge in [-0.05, 0) is 48.0 Å². The Morgan fingerprint density at radius 2 is 1.02 bits per heavy atom. The fourth-order valence-corrected chi connectivity index (χ4v) is 8.56. The molecule has 0 spiro atoms. The highest BCUT2D eigenvalue weighted by molar-refractivity contribution is 7.26. The van der Waals surface area contributed by atoms with Crippen molar-refractivity contribution >= 4 is 75.4 Å². The van der Waals surface area contributed by atoms with E-state index in [0.717, 1.165) is 77.1 Å². The minimum atomic E-state index is 0.600. The molecule has 0 aliphatic rings. The molecule has 0 N–H and O–H groups in total. The van der Waals surface area contributed by atoms with Gasteiger partial charge in [-0.1, -0.05) is 109 Å². The van der Waals surface area contributed by atoms with Crippen molar-refractivity contribution in [1.29, 1.82) is 0 Å². The van der Waals surface area contributed by atoms with E-state index < -0.39 is 0 Å². The third-order valence-corrected chi connectivity index (χ3v) is 10.9. The van der Waals surface area contributed by atoms with Gasteiger partial charge in [-0.2, -0.15) is 0 Å². The molecule has 51 heavy (non-hydrogen) atoms. The lowest BCUT2D eigenvalue weighted by Gasteiger charge is -2.10. The minimum absolute atomic E-state index is 0.600. The van der Waals surface area contributed by atoms with E-state index in [1.807, 2.05) is 72.8 Å². The van der Waals surface area contributed by atoms with Crippen LogP contribution < -0.4 is 0 Å². The molecule has 7 aromatic carbocycles. The Labute approximate surface area is 295 Å². The number of furan rings is 2. The summed E-state index contributed by atoms with van der Waals surface area (Å²) in [4.78, 5) is 15.3. The van der Waals surface area contributed by atoms with Crippen LogP contribution in [-0.2, 0) is 0 Å². The fourth-order valence-electron chi connectivity index (χ4n) is 7.45. The number of nitrogens with zero attached hydrogens (tertiary/aromatic N) is 3. The molecule has 5 nitrogen and oxygen atoms in total. The van der Waals surface area contributed by atoms with E-state index in [1.54, 1.807) is 11.3 Å². The second-order valence-electron chi connectivity index (χ2n) is 12.7. The summed E-state index contributed by atoms with van der Waals surface area (Å²) in [6, 6.07) is 52.0. The van der Waals surface area contributed by atoms with Crippen molar-refractivity contribution < 1.29 is 8.83 Å². The van der Waals surface area contributed by atoms with Crippen LogP contribution in [0.4, 0.5) is 0 Å². The second kappa shape index (κ2) is 10.9. The van der Waals surface area contributed by atoms with Crippen molar-refractivity contribution in [2.75, 3.05) is 0 Å². The zero-order valence-electron chi connectivity index (χ0n) is 27.0. The number of rotatable bonds is 4. The molecule has 0 radical (unpaired) electrons. The Morgan fingerprint density at radius 1 is 0.373 bits per heavy atom. The fraction of sp³-hybridized carbons (Fsp3) is 0. The van der Waals surface area contributed by atoms with Gasteiger partial charge < -0.3 is 8.83 Å². The molecule has 11 aromatic rings. The maximum atomic E-state index is 6.50. The quantitative estimate of drug-likeness (QED) is 0.186. The first-order chi connectivity index (χ1) is 25.3. The molecule has 0 aliphatic heterocycles. The Hall–Kier alpha value is -6.63. The van der Waals surface area contributed by atoms with Crippen LogP contribution >= 0.6 is 11.3 Å². The molecule has 0 fully saturated rings. The molecule has 0 bridgehead atoms. The Morgan fingerprint density at radius 3 is 1.90 bits per heavy atom. The second-order valence-corrected chi connectivity index (χ2v) is 13.8. The van der Waals surface area contributed by atoms with E-state index in [-0.39, 0.29) is 0 Å². The summed E-state index contributed by atoms with van der Waals surface area (Å²) in [6.45, 7) is 0. The molecule has 0 saturated heterocycles. The molecular weight excluding hydrogens is 647 g/mol. The number of hydrogen-bond donors (Lipinski definition) is 0. The third kappa shape index (κ3) is 4.37. The summed E-state index contributed by atoms with van der Waals surface area (Å²) in [5.41, 5.74) is 8.40. The van der Waals surface area contributed by atoms with Crippen LogP contribution in [0.2, 0.25) is 0 Å². The predicted molar refractivity (Wildman–Crippen MR) is 209 cm³/mol. The van der Waals surface area contributed by atoms with Gasteiger partial charge in [0, 0.05) is 64.0 Å². The molecular formula is C45H25N3O2S. The van der Waals surface area contributed by atoms with Crippen LogP contribution in [0.5, 0.6) is 0 Å². The lowest BCUT2D eigenvalue weighted by molar-refractivity contribution is 0.669. The smallest absolute Gasteiger partial charge is 0.164 e. The molecule has 4 aromatic heterocycles. The normalized spacial score (nSPS) is 11.9. The predicted octanol–water partition coefficient (Wildman–Crippen LogP) is 12.7. The van der Waals surface area contributed by atoms with E-state index in [2.05, 4.69) is 78.9 Å². The Bertz CT molecular complexity index is 3160. The first kappa shape index (κ1) is 28.2. The molecule has 238 valence electrons. The molecule has 11 rings (SSSR count). The van der Waals surface area contributed by atoms with Gasteiger partial charge in [-0.15, -0.1) is 11.3 Å².